The zero-order valence-electron chi connectivity index (χ0n) is 20.6. The van der Waals surface area contributed by atoms with Gasteiger partial charge >= 0.3 is 0 Å². The third-order valence-corrected chi connectivity index (χ3v) is 6.70. The van der Waals surface area contributed by atoms with E-state index in [1.165, 1.54) is 5.56 Å². The predicted molar refractivity (Wildman–Crippen MR) is 147 cm³/mol. The fraction of sp³-hybridized carbons (Fsp3) is 0.125. The number of benzene rings is 4. The van der Waals surface area contributed by atoms with Crippen molar-refractivity contribution in [2.75, 3.05) is 0 Å². The molecule has 0 bridgehead atoms. The van der Waals surface area contributed by atoms with E-state index in [1.54, 1.807) is 36.4 Å². The van der Waals surface area contributed by atoms with Crippen LogP contribution >= 0.6 is 11.6 Å². The molecule has 0 radical (unpaired) electrons. The Balaban J connectivity index is 1.36. The molecule has 5 aromatic rings. The Labute approximate surface area is 220 Å². The fourth-order valence-corrected chi connectivity index (χ4v) is 4.72. The first kappa shape index (κ1) is 24.5. The molecule has 0 unspecified atom stereocenters. The Bertz CT molecular complexity index is 1590. The number of fused-ring (bicyclic) bond motifs is 1. The number of hydrogen-bond donors (Lipinski definition) is 1. The summed E-state index contributed by atoms with van der Waals surface area (Å²) in [7, 11) is 0. The number of nitrogens with one attached hydrogen (secondary N) is 1. The van der Waals surface area contributed by atoms with E-state index in [2.05, 4.69) is 37.4 Å². The molecule has 1 aromatic heterocycles. The van der Waals surface area contributed by atoms with Crippen LogP contribution in [0.2, 0.25) is 5.02 Å². The van der Waals surface area contributed by atoms with E-state index in [4.69, 9.17) is 16.0 Å². The molecule has 0 fully saturated rings. The minimum atomic E-state index is -0.254. The van der Waals surface area contributed by atoms with Crippen molar-refractivity contribution in [1.29, 1.82) is 0 Å². The number of hydrogen-bond acceptors (Lipinski definition) is 3. The molecule has 1 atom stereocenters. The van der Waals surface area contributed by atoms with Crippen molar-refractivity contribution in [1.82, 2.24) is 5.32 Å². The van der Waals surface area contributed by atoms with Crippen LogP contribution in [0.4, 0.5) is 0 Å². The van der Waals surface area contributed by atoms with Gasteiger partial charge in [-0.3, -0.25) is 9.59 Å². The van der Waals surface area contributed by atoms with E-state index in [9.17, 15) is 9.59 Å². The van der Waals surface area contributed by atoms with Crippen molar-refractivity contribution in [2.45, 2.75) is 26.3 Å². The fourth-order valence-electron chi connectivity index (χ4n) is 4.59. The number of aryl methyl sites for hydroxylation is 2. The van der Waals surface area contributed by atoms with Crippen molar-refractivity contribution >= 4 is 34.3 Å². The topological polar surface area (TPSA) is 59.3 Å². The molecule has 1 heterocycles. The lowest BCUT2D eigenvalue weighted by atomic mass is 9.93. The summed E-state index contributed by atoms with van der Waals surface area (Å²) < 4.78 is 5.79. The zero-order chi connectivity index (χ0) is 25.9. The smallest absolute Gasteiger partial charge is 0.228 e. The zero-order valence-corrected chi connectivity index (χ0v) is 21.4. The summed E-state index contributed by atoms with van der Waals surface area (Å²) in [4.78, 5) is 26.0. The van der Waals surface area contributed by atoms with Gasteiger partial charge in [-0.05, 0) is 78.6 Å². The first-order valence-corrected chi connectivity index (χ1v) is 12.5. The predicted octanol–water partition coefficient (Wildman–Crippen LogP) is 7.38. The molecule has 4 nitrogen and oxygen atoms in total. The Morgan fingerprint density at radius 3 is 2.35 bits per heavy atom. The molecule has 1 amide bonds. The van der Waals surface area contributed by atoms with E-state index in [-0.39, 0.29) is 29.9 Å². The van der Waals surface area contributed by atoms with Gasteiger partial charge in [0.15, 0.2) is 5.76 Å². The van der Waals surface area contributed by atoms with Gasteiger partial charge < -0.3 is 9.73 Å². The van der Waals surface area contributed by atoms with E-state index >= 15 is 0 Å². The molecule has 0 aliphatic rings. The SMILES string of the molecule is Cc1ccc([C@@H](NC(=O)Cc2ccc3oc(C(=O)c4ccc(Cl)cc4)cc3c2)c2ccccc2)c(C)c1. The molecule has 1 N–H and O–H groups in total. The van der Waals surface area contributed by atoms with Crippen LogP contribution in [-0.4, -0.2) is 11.7 Å². The van der Waals surface area contributed by atoms with Gasteiger partial charge in [0, 0.05) is 16.0 Å². The quantitative estimate of drug-likeness (QED) is 0.234. The second-order valence-electron chi connectivity index (χ2n) is 9.27. The molecule has 5 heteroatoms. The number of furan rings is 1. The van der Waals surface area contributed by atoms with Gasteiger partial charge in [0.05, 0.1) is 12.5 Å². The van der Waals surface area contributed by atoms with Crippen molar-refractivity contribution in [2.24, 2.45) is 0 Å². The average molecular weight is 508 g/mol. The van der Waals surface area contributed by atoms with Gasteiger partial charge in [0.25, 0.3) is 0 Å². The summed E-state index contributed by atoms with van der Waals surface area (Å²) in [5.74, 6) is -0.0571. The summed E-state index contributed by atoms with van der Waals surface area (Å²) in [5.41, 5.74) is 6.34. The van der Waals surface area contributed by atoms with Crippen LogP contribution in [0.15, 0.2) is 101 Å². The molecule has 5 rings (SSSR count). The molecular formula is C32H26ClNO3. The molecule has 0 spiro atoms. The molecule has 0 saturated heterocycles. The van der Waals surface area contributed by atoms with Crippen LogP contribution in [0.5, 0.6) is 0 Å². The van der Waals surface area contributed by atoms with Gasteiger partial charge in [-0.2, -0.15) is 0 Å². The molecule has 0 saturated carbocycles. The summed E-state index contributed by atoms with van der Waals surface area (Å²) in [6, 6.07) is 30.0. The third-order valence-electron chi connectivity index (χ3n) is 6.45. The van der Waals surface area contributed by atoms with E-state index in [0.717, 1.165) is 27.6 Å². The van der Waals surface area contributed by atoms with Gasteiger partial charge in [0.1, 0.15) is 5.58 Å². The summed E-state index contributed by atoms with van der Waals surface area (Å²) in [6.45, 7) is 4.13. The molecule has 184 valence electrons. The number of carbonyl (C=O) groups is 2. The van der Waals surface area contributed by atoms with Crippen molar-refractivity contribution in [3.05, 3.63) is 141 Å². The third kappa shape index (κ3) is 5.50. The Morgan fingerprint density at radius 2 is 1.62 bits per heavy atom. The Morgan fingerprint density at radius 1 is 0.865 bits per heavy atom. The van der Waals surface area contributed by atoms with Crippen LogP contribution in [0, 0.1) is 13.8 Å². The highest BCUT2D eigenvalue weighted by molar-refractivity contribution is 6.30. The standard InChI is InChI=1S/C32H26ClNO3/c1-20-8-14-27(21(2)16-20)31(23-6-4-3-5-7-23)34-30(35)18-22-9-15-28-25(17-22)19-29(37-28)32(36)24-10-12-26(33)13-11-24/h3-17,19,31H,18H2,1-2H3,(H,34,35)/t31-/m0/s1. The lowest BCUT2D eigenvalue weighted by Crippen LogP contribution is -2.31. The average Bonchev–Trinajstić information content (AvgIpc) is 3.32. The van der Waals surface area contributed by atoms with E-state index in [0.29, 0.717) is 16.2 Å². The highest BCUT2D eigenvalue weighted by Crippen LogP contribution is 2.27. The Hall–Kier alpha value is -4.15. The number of halogens is 1. The molecular weight excluding hydrogens is 482 g/mol. The van der Waals surface area contributed by atoms with Crippen LogP contribution in [0.1, 0.15) is 50.0 Å². The monoisotopic (exact) mass is 507 g/mol. The maximum Gasteiger partial charge on any atom is 0.228 e. The molecule has 0 aliphatic heterocycles. The summed E-state index contributed by atoms with van der Waals surface area (Å²) in [6.07, 6.45) is 0.204. The molecule has 0 aliphatic carbocycles. The van der Waals surface area contributed by atoms with Crippen LogP contribution in [-0.2, 0) is 11.2 Å². The van der Waals surface area contributed by atoms with Crippen LogP contribution in [0.25, 0.3) is 11.0 Å². The summed E-state index contributed by atoms with van der Waals surface area (Å²) in [5, 5.41) is 4.57. The molecule has 37 heavy (non-hydrogen) atoms. The lowest BCUT2D eigenvalue weighted by molar-refractivity contribution is -0.120. The lowest BCUT2D eigenvalue weighted by Gasteiger charge is -2.22. The van der Waals surface area contributed by atoms with E-state index < -0.39 is 0 Å². The van der Waals surface area contributed by atoms with Crippen molar-refractivity contribution < 1.29 is 14.0 Å². The normalized spacial score (nSPS) is 11.9. The van der Waals surface area contributed by atoms with Crippen molar-refractivity contribution in [3.8, 4) is 0 Å². The highest BCUT2D eigenvalue weighted by Gasteiger charge is 2.20. The first-order chi connectivity index (χ1) is 17.9. The van der Waals surface area contributed by atoms with Gasteiger partial charge in [-0.15, -0.1) is 0 Å². The second kappa shape index (κ2) is 10.5. The minimum Gasteiger partial charge on any atom is -0.453 e. The largest absolute Gasteiger partial charge is 0.453 e. The molecule has 4 aromatic carbocycles. The van der Waals surface area contributed by atoms with Gasteiger partial charge in [0.2, 0.25) is 11.7 Å². The number of carbonyl (C=O) groups excluding carboxylic acids is 2. The van der Waals surface area contributed by atoms with Crippen LogP contribution < -0.4 is 5.32 Å². The van der Waals surface area contributed by atoms with Crippen molar-refractivity contribution in [3.63, 3.8) is 0 Å². The van der Waals surface area contributed by atoms with Gasteiger partial charge in [-0.25, -0.2) is 0 Å². The maximum absolute atomic E-state index is 13.2. The minimum absolute atomic E-state index is 0.0888. The number of ketones is 1. The van der Waals surface area contributed by atoms with E-state index in [1.807, 2.05) is 42.5 Å². The number of rotatable bonds is 7. The Kier molecular flexibility index (Phi) is 6.93. The second-order valence-corrected chi connectivity index (χ2v) is 9.70. The maximum atomic E-state index is 13.2. The van der Waals surface area contributed by atoms with Crippen LogP contribution in [0.3, 0.4) is 0 Å². The highest BCUT2D eigenvalue weighted by atomic mass is 35.5. The summed E-state index contributed by atoms with van der Waals surface area (Å²) >= 11 is 5.93. The number of amides is 1. The van der Waals surface area contributed by atoms with Gasteiger partial charge in [-0.1, -0.05) is 71.8 Å². The first-order valence-electron chi connectivity index (χ1n) is 12.1.